The highest BCUT2D eigenvalue weighted by molar-refractivity contribution is 7.64. The third-order valence-electron chi connectivity index (χ3n) is 7.35. The Kier molecular flexibility index (Phi) is 29.0. The van der Waals surface area contributed by atoms with Crippen LogP contribution in [0.4, 0.5) is 0 Å². The monoisotopic (exact) mass is 584 g/mol. The van der Waals surface area contributed by atoms with E-state index in [4.69, 9.17) is 38.3 Å². The lowest BCUT2D eigenvalue weighted by Crippen LogP contribution is -2.07. The number of halogens is 3. The SMILES string of the molecule is O=C(O)CCCCCCCCCCCCCCCCCCCCCCCCCCCCC[Si](Cl)(Cl)Cl. The van der Waals surface area contributed by atoms with Crippen LogP contribution in [-0.4, -0.2) is 17.1 Å². The Morgan fingerprint density at radius 2 is 0.583 bits per heavy atom. The van der Waals surface area contributed by atoms with E-state index in [0.29, 0.717) is 6.42 Å². The van der Waals surface area contributed by atoms with Crippen molar-refractivity contribution in [3.8, 4) is 0 Å². The zero-order chi connectivity index (χ0) is 26.6. The van der Waals surface area contributed by atoms with E-state index < -0.39 is 12.0 Å². The minimum atomic E-state index is -2.37. The van der Waals surface area contributed by atoms with Gasteiger partial charge in [-0.15, -0.1) is 33.2 Å². The molecule has 0 rings (SSSR count). The average molecular weight is 586 g/mol. The smallest absolute Gasteiger partial charge is 0.341 e. The van der Waals surface area contributed by atoms with E-state index in [-0.39, 0.29) is 0 Å². The fraction of sp³-hybridized carbons (Fsp3) is 0.967. The molecular weight excluding hydrogens is 527 g/mol. The molecule has 0 bridgehead atoms. The first kappa shape index (κ1) is 36.6. The van der Waals surface area contributed by atoms with Crippen LogP contribution in [0.3, 0.4) is 0 Å². The molecule has 0 aliphatic rings. The van der Waals surface area contributed by atoms with E-state index in [2.05, 4.69) is 0 Å². The Morgan fingerprint density at radius 3 is 0.778 bits per heavy atom. The normalized spacial score (nSPS) is 11.9. The second-order valence-electron chi connectivity index (χ2n) is 11.1. The highest BCUT2D eigenvalue weighted by atomic mass is 35.8. The summed E-state index contributed by atoms with van der Waals surface area (Å²) < 4.78 is 0. The second kappa shape index (κ2) is 28.6. The van der Waals surface area contributed by atoms with Crippen molar-refractivity contribution >= 4 is 45.2 Å². The van der Waals surface area contributed by atoms with Gasteiger partial charge in [-0.25, -0.2) is 0 Å². The van der Waals surface area contributed by atoms with Gasteiger partial charge in [-0.2, -0.15) is 0 Å². The number of carboxylic acid groups (broad SMARTS) is 1. The van der Waals surface area contributed by atoms with Crippen LogP contribution in [0.1, 0.15) is 180 Å². The van der Waals surface area contributed by atoms with Crippen molar-refractivity contribution in [1.29, 1.82) is 0 Å². The number of carboxylic acids is 1. The fourth-order valence-corrected chi connectivity index (χ4v) is 6.87. The number of hydrogen-bond acceptors (Lipinski definition) is 1. The summed E-state index contributed by atoms with van der Waals surface area (Å²) in [4.78, 5) is 10.5. The van der Waals surface area contributed by atoms with Gasteiger partial charge in [0.25, 0.3) is 0 Å². The van der Waals surface area contributed by atoms with E-state index in [1.165, 1.54) is 154 Å². The molecule has 216 valence electrons. The van der Waals surface area contributed by atoms with Crippen LogP contribution < -0.4 is 0 Å². The van der Waals surface area contributed by atoms with E-state index in [1.54, 1.807) is 0 Å². The molecule has 0 fully saturated rings. The molecule has 0 aromatic rings. The first-order valence-electron chi connectivity index (χ1n) is 15.7. The molecule has 0 aromatic carbocycles. The van der Waals surface area contributed by atoms with Crippen molar-refractivity contribution in [2.45, 2.75) is 186 Å². The molecule has 0 unspecified atom stereocenters. The van der Waals surface area contributed by atoms with E-state index >= 15 is 0 Å². The van der Waals surface area contributed by atoms with Gasteiger partial charge in [0.2, 0.25) is 0 Å². The predicted octanol–water partition coefficient (Wildman–Crippen LogP) is 12.6. The molecule has 0 aromatic heterocycles. The molecule has 1 N–H and O–H groups in total. The first-order chi connectivity index (χ1) is 17.4. The molecule has 0 heterocycles. The largest absolute Gasteiger partial charge is 0.481 e. The topological polar surface area (TPSA) is 37.3 Å². The lowest BCUT2D eigenvalue weighted by molar-refractivity contribution is -0.137. The second-order valence-corrected chi connectivity index (χ2v) is 20.3. The highest BCUT2D eigenvalue weighted by Gasteiger charge is 2.23. The van der Waals surface area contributed by atoms with Gasteiger partial charge in [-0.3, -0.25) is 4.79 Å². The van der Waals surface area contributed by atoms with Gasteiger partial charge in [0.15, 0.2) is 0 Å². The Labute approximate surface area is 240 Å². The lowest BCUT2D eigenvalue weighted by atomic mass is 10.0. The van der Waals surface area contributed by atoms with E-state index in [1.807, 2.05) is 0 Å². The number of rotatable bonds is 30. The van der Waals surface area contributed by atoms with Crippen molar-refractivity contribution in [3.63, 3.8) is 0 Å². The van der Waals surface area contributed by atoms with Crippen molar-refractivity contribution in [3.05, 3.63) is 0 Å². The van der Waals surface area contributed by atoms with Gasteiger partial charge in [0.05, 0.1) is 0 Å². The molecular formula is C30H59Cl3O2Si. The summed E-state index contributed by atoms with van der Waals surface area (Å²) in [5, 5.41) is 8.62. The summed E-state index contributed by atoms with van der Waals surface area (Å²) in [6.45, 7) is 0. The van der Waals surface area contributed by atoms with Gasteiger partial charge in [0.1, 0.15) is 0 Å². The Bertz CT molecular complexity index is 458. The van der Waals surface area contributed by atoms with Crippen molar-refractivity contribution < 1.29 is 9.90 Å². The molecule has 0 aliphatic carbocycles. The summed E-state index contributed by atoms with van der Waals surface area (Å²) in [5.41, 5.74) is 0. The van der Waals surface area contributed by atoms with E-state index in [9.17, 15) is 4.79 Å². The highest BCUT2D eigenvalue weighted by Crippen LogP contribution is 2.27. The maximum atomic E-state index is 10.5. The molecule has 0 aliphatic heterocycles. The Balaban J connectivity index is 3.05. The molecule has 36 heavy (non-hydrogen) atoms. The molecule has 0 saturated heterocycles. The van der Waals surface area contributed by atoms with Gasteiger partial charge in [-0.05, 0) is 12.5 Å². The molecule has 2 nitrogen and oxygen atoms in total. The van der Waals surface area contributed by atoms with Gasteiger partial charge in [-0.1, -0.05) is 167 Å². The van der Waals surface area contributed by atoms with Crippen molar-refractivity contribution in [2.24, 2.45) is 0 Å². The number of unbranched alkanes of at least 4 members (excludes halogenated alkanes) is 26. The molecule has 6 heteroatoms. The van der Waals surface area contributed by atoms with Crippen molar-refractivity contribution in [2.75, 3.05) is 0 Å². The van der Waals surface area contributed by atoms with Crippen LogP contribution in [0.5, 0.6) is 0 Å². The number of hydrogen-bond donors (Lipinski definition) is 1. The van der Waals surface area contributed by atoms with Crippen LogP contribution in [0.25, 0.3) is 0 Å². The quantitative estimate of drug-likeness (QED) is 0.0517. The summed E-state index contributed by atoms with van der Waals surface area (Å²) in [5.74, 6) is -0.654. The van der Waals surface area contributed by atoms with Gasteiger partial charge >= 0.3 is 12.0 Å². The van der Waals surface area contributed by atoms with Crippen LogP contribution in [0.2, 0.25) is 6.04 Å². The van der Waals surface area contributed by atoms with Crippen LogP contribution in [-0.2, 0) is 4.79 Å². The van der Waals surface area contributed by atoms with Crippen LogP contribution in [0.15, 0.2) is 0 Å². The van der Waals surface area contributed by atoms with Crippen LogP contribution in [0, 0.1) is 0 Å². The summed E-state index contributed by atoms with van der Waals surface area (Å²) in [6, 6.07) is -1.55. The average Bonchev–Trinajstić information content (AvgIpc) is 2.82. The Morgan fingerprint density at radius 1 is 0.389 bits per heavy atom. The van der Waals surface area contributed by atoms with Crippen LogP contribution >= 0.6 is 33.2 Å². The molecule has 0 amide bonds. The maximum Gasteiger partial charge on any atom is 0.341 e. The molecule has 0 saturated carbocycles. The number of carbonyl (C=O) groups is 1. The minimum Gasteiger partial charge on any atom is -0.481 e. The minimum absolute atomic E-state index is 0.340. The third kappa shape index (κ3) is 34.6. The summed E-state index contributed by atoms with van der Waals surface area (Å²) in [6.07, 6.45) is 36.6. The fourth-order valence-electron chi connectivity index (χ4n) is 5.02. The first-order valence-corrected chi connectivity index (χ1v) is 20.9. The molecule has 0 atom stereocenters. The van der Waals surface area contributed by atoms with Gasteiger partial charge in [0, 0.05) is 6.42 Å². The van der Waals surface area contributed by atoms with Crippen molar-refractivity contribution in [1.82, 2.24) is 0 Å². The lowest BCUT2D eigenvalue weighted by Gasteiger charge is -2.07. The van der Waals surface area contributed by atoms with E-state index in [0.717, 1.165) is 25.3 Å². The summed E-state index contributed by atoms with van der Waals surface area (Å²) in [7, 11) is 0. The molecule has 0 radical (unpaired) electrons. The zero-order valence-corrected chi connectivity index (χ0v) is 26.8. The predicted molar refractivity (Wildman–Crippen MR) is 165 cm³/mol. The zero-order valence-electron chi connectivity index (χ0n) is 23.5. The third-order valence-corrected chi connectivity index (χ3v) is 9.97. The van der Waals surface area contributed by atoms with Gasteiger partial charge < -0.3 is 5.11 Å². The summed E-state index contributed by atoms with van der Waals surface area (Å²) >= 11 is 17.7. The Hall–Kier alpha value is 0.557. The standard InChI is InChI=1S/C30H59Cl3O2Si/c31-36(32,33)29-27-25-23-21-19-17-15-13-11-9-7-5-3-1-2-4-6-8-10-12-14-16-18-20-22-24-26-28-30(34)35/h1-29H2,(H,34,35). The molecule has 0 spiro atoms. The number of aliphatic carboxylic acids is 1. The maximum absolute atomic E-state index is 10.5.